The standard InChI is InChI=1S/C16H20N2O5/c1-11-5-7-17(8-6-11)15(19)10-23-16(20)13-4-3-12(2)14(9-13)18(21)22/h3-4,9,11H,5-8,10H2,1-2H3. The van der Waals surface area contributed by atoms with Crippen molar-refractivity contribution < 1.29 is 19.2 Å². The first-order valence-corrected chi connectivity index (χ1v) is 7.58. The molecule has 124 valence electrons. The SMILES string of the molecule is Cc1ccc(C(=O)OCC(=O)N2CCC(C)CC2)cc1[N+](=O)[O-]. The largest absolute Gasteiger partial charge is 0.452 e. The molecule has 0 unspecified atom stereocenters. The predicted octanol–water partition coefficient (Wildman–Crippen LogP) is 2.32. The summed E-state index contributed by atoms with van der Waals surface area (Å²) in [4.78, 5) is 36.0. The number of benzene rings is 1. The number of aryl methyl sites for hydroxylation is 1. The molecule has 0 aliphatic carbocycles. The van der Waals surface area contributed by atoms with Gasteiger partial charge < -0.3 is 9.64 Å². The topological polar surface area (TPSA) is 89.8 Å². The Labute approximate surface area is 134 Å². The van der Waals surface area contributed by atoms with Crippen LogP contribution >= 0.6 is 0 Å². The van der Waals surface area contributed by atoms with Crippen LogP contribution < -0.4 is 0 Å². The molecule has 7 nitrogen and oxygen atoms in total. The van der Waals surface area contributed by atoms with E-state index in [9.17, 15) is 19.7 Å². The summed E-state index contributed by atoms with van der Waals surface area (Å²) in [5, 5.41) is 10.9. The molecule has 0 N–H and O–H groups in total. The number of piperidine rings is 1. The van der Waals surface area contributed by atoms with Crippen molar-refractivity contribution in [3.05, 3.63) is 39.4 Å². The lowest BCUT2D eigenvalue weighted by Gasteiger charge is -2.30. The summed E-state index contributed by atoms with van der Waals surface area (Å²) in [5.74, 6) is -0.353. The number of carbonyl (C=O) groups excluding carboxylic acids is 2. The Kier molecular flexibility index (Phi) is 5.31. The summed E-state index contributed by atoms with van der Waals surface area (Å²) in [5.41, 5.74) is 0.392. The highest BCUT2D eigenvalue weighted by atomic mass is 16.6. The van der Waals surface area contributed by atoms with Crippen LogP contribution in [0.5, 0.6) is 0 Å². The summed E-state index contributed by atoms with van der Waals surface area (Å²) in [6, 6.07) is 4.12. The van der Waals surface area contributed by atoms with Crippen molar-refractivity contribution in [3.63, 3.8) is 0 Å². The van der Waals surface area contributed by atoms with E-state index in [2.05, 4.69) is 6.92 Å². The molecular weight excluding hydrogens is 300 g/mol. The minimum Gasteiger partial charge on any atom is -0.452 e. The Morgan fingerprint density at radius 3 is 2.61 bits per heavy atom. The Bertz CT molecular complexity index is 621. The molecule has 1 aromatic rings. The number of nitro groups is 1. The molecule has 0 bridgehead atoms. The molecule has 1 heterocycles. The predicted molar refractivity (Wildman–Crippen MR) is 83.1 cm³/mol. The fourth-order valence-electron chi connectivity index (χ4n) is 2.49. The van der Waals surface area contributed by atoms with Gasteiger partial charge in [0.2, 0.25) is 0 Å². The zero-order valence-corrected chi connectivity index (χ0v) is 13.3. The van der Waals surface area contributed by atoms with Crippen LogP contribution in [-0.2, 0) is 9.53 Å². The minimum atomic E-state index is -0.730. The summed E-state index contributed by atoms with van der Waals surface area (Å²) in [7, 11) is 0. The van der Waals surface area contributed by atoms with Crippen LogP contribution in [0.4, 0.5) is 5.69 Å². The average Bonchev–Trinajstić information content (AvgIpc) is 2.53. The fraction of sp³-hybridized carbons (Fsp3) is 0.500. The van der Waals surface area contributed by atoms with Crippen LogP contribution in [0.1, 0.15) is 35.7 Å². The van der Waals surface area contributed by atoms with Crippen LogP contribution in [0.3, 0.4) is 0 Å². The second kappa shape index (κ2) is 7.21. The first kappa shape index (κ1) is 16.9. The second-order valence-corrected chi connectivity index (χ2v) is 5.90. The maximum absolute atomic E-state index is 12.0. The Morgan fingerprint density at radius 1 is 1.35 bits per heavy atom. The van der Waals surface area contributed by atoms with Crippen molar-refractivity contribution in [1.82, 2.24) is 4.90 Å². The van der Waals surface area contributed by atoms with Crippen molar-refractivity contribution in [2.45, 2.75) is 26.7 Å². The van der Waals surface area contributed by atoms with Crippen LogP contribution in [0, 0.1) is 23.0 Å². The van der Waals surface area contributed by atoms with Gasteiger partial charge in [0.25, 0.3) is 11.6 Å². The smallest absolute Gasteiger partial charge is 0.338 e. The molecule has 1 fully saturated rings. The number of amides is 1. The number of ether oxygens (including phenoxy) is 1. The highest BCUT2D eigenvalue weighted by Crippen LogP contribution is 2.20. The molecular formula is C16H20N2O5. The van der Waals surface area contributed by atoms with Gasteiger partial charge in [-0.3, -0.25) is 14.9 Å². The monoisotopic (exact) mass is 320 g/mol. The van der Waals surface area contributed by atoms with E-state index in [0.717, 1.165) is 12.8 Å². The number of nitro benzene ring substituents is 1. The molecule has 2 rings (SSSR count). The van der Waals surface area contributed by atoms with Gasteiger partial charge in [-0.15, -0.1) is 0 Å². The van der Waals surface area contributed by atoms with E-state index < -0.39 is 10.9 Å². The van der Waals surface area contributed by atoms with E-state index in [0.29, 0.717) is 24.6 Å². The summed E-state index contributed by atoms with van der Waals surface area (Å²) in [6.07, 6.45) is 1.90. The first-order valence-electron chi connectivity index (χ1n) is 7.58. The molecule has 0 atom stereocenters. The van der Waals surface area contributed by atoms with E-state index in [4.69, 9.17) is 4.74 Å². The third-order valence-electron chi connectivity index (χ3n) is 4.10. The number of rotatable bonds is 4. The fourth-order valence-corrected chi connectivity index (χ4v) is 2.49. The maximum Gasteiger partial charge on any atom is 0.338 e. The van der Waals surface area contributed by atoms with Gasteiger partial charge in [-0.25, -0.2) is 4.79 Å². The van der Waals surface area contributed by atoms with Gasteiger partial charge in [-0.2, -0.15) is 0 Å². The Hall–Kier alpha value is -2.44. The Balaban J connectivity index is 1.93. The normalized spacial score (nSPS) is 15.3. The number of esters is 1. The minimum absolute atomic E-state index is 0.0716. The third-order valence-corrected chi connectivity index (χ3v) is 4.10. The molecule has 1 aliphatic rings. The van der Waals surface area contributed by atoms with E-state index >= 15 is 0 Å². The number of carbonyl (C=O) groups is 2. The quantitative estimate of drug-likeness (QED) is 0.482. The molecule has 0 spiro atoms. The molecule has 1 saturated heterocycles. The molecule has 23 heavy (non-hydrogen) atoms. The van der Waals surface area contributed by atoms with Crippen molar-refractivity contribution in [1.29, 1.82) is 0 Å². The van der Waals surface area contributed by atoms with E-state index in [-0.39, 0.29) is 23.8 Å². The number of likely N-dealkylation sites (tertiary alicyclic amines) is 1. The molecule has 1 amide bonds. The van der Waals surface area contributed by atoms with Crippen LogP contribution in [0.2, 0.25) is 0 Å². The average molecular weight is 320 g/mol. The highest BCUT2D eigenvalue weighted by Gasteiger charge is 2.22. The van der Waals surface area contributed by atoms with Gasteiger partial charge in [0.15, 0.2) is 6.61 Å². The molecule has 1 aliphatic heterocycles. The molecule has 0 aromatic heterocycles. The van der Waals surface area contributed by atoms with Gasteiger partial charge in [-0.05, 0) is 31.7 Å². The van der Waals surface area contributed by atoms with Crippen molar-refractivity contribution in [3.8, 4) is 0 Å². The van der Waals surface area contributed by atoms with E-state index in [1.54, 1.807) is 11.8 Å². The summed E-state index contributed by atoms with van der Waals surface area (Å²) in [6.45, 7) is 4.75. The van der Waals surface area contributed by atoms with Crippen LogP contribution in [0.25, 0.3) is 0 Å². The zero-order chi connectivity index (χ0) is 17.0. The van der Waals surface area contributed by atoms with E-state index in [1.165, 1.54) is 18.2 Å². The van der Waals surface area contributed by atoms with Gasteiger partial charge in [-0.1, -0.05) is 13.0 Å². The van der Waals surface area contributed by atoms with Gasteiger partial charge in [0.1, 0.15) is 0 Å². The van der Waals surface area contributed by atoms with Crippen LogP contribution in [0.15, 0.2) is 18.2 Å². The summed E-state index contributed by atoms with van der Waals surface area (Å²) >= 11 is 0. The lowest BCUT2D eigenvalue weighted by atomic mass is 9.99. The molecule has 0 saturated carbocycles. The molecule has 0 radical (unpaired) electrons. The Morgan fingerprint density at radius 2 is 2.00 bits per heavy atom. The zero-order valence-electron chi connectivity index (χ0n) is 13.3. The first-order chi connectivity index (χ1) is 10.9. The molecule has 1 aromatic carbocycles. The lowest BCUT2D eigenvalue weighted by molar-refractivity contribution is -0.385. The number of nitrogens with zero attached hydrogens (tertiary/aromatic N) is 2. The third kappa shape index (κ3) is 4.28. The lowest BCUT2D eigenvalue weighted by Crippen LogP contribution is -2.40. The van der Waals surface area contributed by atoms with E-state index in [1.807, 2.05) is 0 Å². The van der Waals surface area contributed by atoms with Crippen molar-refractivity contribution in [2.75, 3.05) is 19.7 Å². The van der Waals surface area contributed by atoms with Crippen LogP contribution in [-0.4, -0.2) is 41.4 Å². The van der Waals surface area contributed by atoms with Gasteiger partial charge in [0, 0.05) is 24.7 Å². The van der Waals surface area contributed by atoms with Crippen molar-refractivity contribution in [2.24, 2.45) is 5.92 Å². The van der Waals surface area contributed by atoms with Gasteiger partial charge >= 0.3 is 5.97 Å². The van der Waals surface area contributed by atoms with Crippen molar-refractivity contribution >= 4 is 17.6 Å². The van der Waals surface area contributed by atoms with Gasteiger partial charge in [0.05, 0.1) is 10.5 Å². The number of hydrogen-bond donors (Lipinski definition) is 0. The second-order valence-electron chi connectivity index (χ2n) is 5.90. The highest BCUT2D eigenvalue weighted by molar-refractivity contribution is 5.92. The number of hydrogen-bond acceptors (Lipinski definition) is 5. The summed E-state index contributed by atoms with van der Waals surface area (Å²) < 4.78 is 4.99. The maximum atomic E-state index is 12.0. The molecule has 7 heteroatoms.